The SMILES string of the molecule is C=C(/C=C1/N(C)CCCN1C(N)=O)OCc1cc(F)c(Oc2ccc(C(F)(F)F)nc2)c(F)c1. The Morgan fingerprint density at radius 3 is 2.47 bits per heavy atom. The van der Waals surface area contributed by atoms with E-state index in [9.17, 15) is 26.7 Å². The highest BCUT2D eigenvalue weighted by molar-refractivity contribution is 5.74. The van der Waals surface area contributed by atoms with Crippen molar-refractivity contribution in [2.75, 3.05) is 20.1 Å². The van der Waals surface area contributed by atoms with Gasteiger partial charge in [-0.3, -0.25) is 4.90 Å². The van der Waals surface area contributed by atoms with Gasteiger partial charge < -0.3 is 20.1 Å². The molecule has 0 atom stereocenters. The van der Waals surface area contributed by atoms with E-state index in [1.807, 2.05) is 0 Å². The van der Waals surface area contributed by atoms with Crippen LogP contribution in [0.4, 0.5) is 26.7 Å². The first-order valence-electron chi connectivity index (χ1n) is 9.96. The van der Waals surface area contributed by atoms with E-state index in [2.05, 4.69) is 11.6 Å². The zero-order valence-corrected chi connectivity index (χ0v) is 18.0. The summed E-state index contributed by atoms with van der Waals surface area (Å²) in [6, 6.07) is 2.82. The second-order valence-corrected chi connectivity index (χ2v) is 7.39. The summed E-state index contributed by atoms with van der Waals surface area (Å²) in [4.78, 5) is 18.0. The maximum atomic E-state index is 14.4. The van der Waals surface area contributed by atoms with Crippen molar-refractivity contribution in [3.05, 3.63) is 77.6 Å². The number of pyridine rings is 1. The maximum Gasteiger partial charge on any atom is 0.433 e. The van der Waals surface area contributed by atoms with Gasteiger partial charge in [0.15, 0.2) is 17.4 Å². The largest absolute Gasteiger partial charge is 0.489 e. The number of allylic oxidation sites excluding steroid dienone is 1. The number of carbonyl (C=O) groups is 1. The van der Waals surface area contributed by atoms with E-state index in [-0.39, 0.29) is 23.7 Å². The molecule has 0 spiro atoms. The fraction of sp³-hybridized carbons (Fsp3) is 0.273. The smallest absolute Gasteiger partial charge is 0.433 e. The Morgan fingerprint density at radius 1 is 1.24 bits per heavy atom. The molecule has 1 aliphatic heterocycles. The normalized spacial score (nSPS) is 15.4. The lowest BCUT2D eigenvalue weighted by Crippen LogP contribution is -2.46. The van der Waals surface area contributed by atoms with Crippen LogP contribution in [0.15, 0.2) is 54.7 Å². The molecule has 1 fully saturated rings. The molecule has 0 aliphatic carbocycles. The number of alkyl halides is 3. The number of halogens is 5. The Balaban J connectivity index is 1.68. The van der Waals surface area contributed by atoms with Crippen LogP contribution in [-0.4, -0.2) is 41.0 Å². The number of ether oxygens (including phenoxy) is 2. The molecule has 1 aromatic heterocycles. The van der Waals surface area contributed by atoms with Crippen LogP contribution < -0.4 is 10.5 Å². The Hall–Kier alpha value is -3.83. The number of urea groups is 1. The highest BCUT2D eigenvalue weighted by Crippen LogP contribution is 2.32. The number of rotatable bonds is 6. The molecule has 7 nitrogen and oxygen atoms in total. The Morgan fingerprint density at radius 2 is 1.91 bits per heavy atom. The molecule has 0 bridgehead atoms. The number of amides is 2. The van der Waals surface area contributed by atoms with Gasteiger partial charge in [-0.05, 0) is 36.2 Å². The van der Waals surface area contributed by atoms with Crippen LogP contribution in [0.2, 0.25) is 0 Å². The van der Waals surface area contributed by atoms with Gasteiger partial charge in [-0.1, -0.05) is 6.58 Å². The minimum atomic E-state index is -4.65. The molecule has 1 aliphatic rings. The van der Waals surface area contributed by atoms with E-state index in [0.29, 0.717) is 31.2 Å². The average Bonchev–Trinajstić information content (AvgIpc) is 2.76. The van der Waals surface area contributed by atoms with Crippen molar-refractivity contribution < 1.29 is 36.2 Å². The van der Waals surface area contributed by atoms with Gasteiger partial charge in [-0.25, -0.2) is 18.6 Å². The van der Waals surface area contributed by atoms with Gasteiger partial charge in [-0.2, -0.15) is 13.2 Å². The number of aromatic nitrogens is 1. The van der Waals surface area contributed by atoms with E-state index in [4.69, 9.17) is 15.2 Å². The van der Waals surface area contributed by atoms with Crippen LogP contribution in [0.5, 0.6) is 11.5 Å². The van der Waals surface area contributed by atoms with E-state index in [0.717, 1.165) is 24.6 Å². The average molecular weight is 484 g/mol. The highest BCUT2D eigenvalue weighted by Gasteiger charge is 2.32. The summed E-state index contributed by atoms with van der Waals surface area (Å²) in [5, 5.41) is 0. The number of carbonyl (C=O) groups excluding carboxylic acids is 1. The molecule has 3 rings (SSSR count). The fourth-order valence-electron chi connectivity index (χ4n) is 3.19. The molecule has 1 aromatic carbocycles. The van der Waals surface area contributed by atoms with Crippen molar-refractivity contribution in [1.29, 1.82) is 0 Å². The summed E-state index contributed by atoms with van der Waals surface area (Å²) in [6.07, 6.45) is -1.71. The lowest BCUT2D eigenvalue weighted by molar-refractivity contribution is -0.141. The van der Waals surface area contributed by atoms with Crippen molar-refractivity contribution in [2.45, 2.75) is 19.2 Å². The number of nitrogens with zero attached hydrogens (tertiary/aromatic N) is 3. The Labute approximate surface area is 191 Å². The summed E-state index contributed by atoms with van der Waals surface area (Å²) in [5.74, 6) is -2.64. The van der Waals surface area contributed by atoms with Gasteiger partial charge in [0.1, 0.15) is 29.6 Å². The number of benzene rings is 1. The molecule has 2 amide bonds. The third-order valence-electron chi connectivity index (χ3n) is 4.83. The summed E-state index contributed by atoms with van der Waals surface area (Å²) in [7, 11) is 1.77. The molecule has 34 heavy (non-hydrogen) atoms. The van der Waals surface area contributed by atoms with E-state index in [1.54, 1.807) is 11.9 Å². The predicted octanol–water partition coefficient (Wildman–Crippen LogP) is 4.76. The van der Waals surface area contributed by atoms with Crippen LogP contribution in [-0.2, 0) is 17.5 Å². The molecule has 182 valence electrons. The molecule has 2 aromatic rings. The van der Waals surface area contributed by atoms with Gasteiger partial charge in [-0.15, -0.1) is 0 Å². The van der Waals surface area contributed by atoms with E-state index in [1.165, 1.54) is 11.0 Å². The molecule has 0 saturated carbocycles. The predicted molar refractivity (Wildman–Crippen MR) is 111 cm³/mol. The molecule has 0 unspecified atom stereocenters. The second kappa shape index (κ2) is 9.98. The van der Waals surface area contributed by atoms with Crippen molar-refractivity contribution in [3.8, 4) is 11.5 Å². The fourth-order valence-corrected chi connectivity index (χ4v) is 3.19. The number of hydrogen-bond donors (Lipinski definition) is 1. The third-order valence-corrected chi connectivity index (χ3v) is 4.83. The highest BCUT2D eigenvalue weighted by atomic mass is 19.4. The van der Waals surface area contributed by atoms with Gasteiger partial charge >= 0.3 is 12.2 Å². The van der Waals surface area contributed by atoms with Gasteiger partial charge in [0.2, 0.25) is 0 Å². The van der Waals surface area contributed by atoms with Crippen LogP contribution in [0, 0.1) is 11.6 Å². The Kier molecular flexibility index (Phi) is 7.28. The monoisotopic (exact) mass is 484 g/mol. The minimum absolute atomic E-state index is 0.108. The summed E-state index contributed by atoms with van der Waals surface area (Å²) in [6.45, 7) is 4.61. The maximum absolute atomic E-state index is 14.4. The third kappa shape index (κ3) is 5.94. The number of nitrogens with two attached hydrogens (primary N) is 1. The van der Waals surface area contributed by atoms with Crippen molar-refractivity contribution in [1.82, 2.24) is 14.8 Å². The molecule has 1 saturated heterocycles. The van der Waals surface area contributed by atoms with E-state index >= 15 is 0 Å². The first-order valence-corrected chi connectivity index (χ1v) is 9.96. The summed E-state index contributed by atoms with van der Waals surface area (Å²) >= 11 is 0. The topological polar surface area (TPSA) is 80.9 Å². The molecule has 2 N–H and O–H groups in total. The lowest BCUT2D eigenvalue weighted by Gasteiger charge is -2.36. The zero-order chi connectivity index (χ0) is 25.0. The van der Waals surface area contributed by atoms with Crippen LogP contribution in [0.1, 0.15) is 17.7 Å². The summed E-state index contributed by atoms with van der Waals surface area (Å²) in [5.41, 5.74) is 4.33. The summed E-state index contributed by atoms with van der Waals surface area (Å²) < 4.78 is 77.1. The molecular weight excluding hydrogens is 463 g/mol. The molecule has 12 heteroatoms. The Bertz CT molecular complexity index is 1080. The van der Waals surface area contributed by atoms with Gasteiger partial charge in [0.05, 0.1) is 6.20 Å². The van der Waals surface area contributed by atoms with Crippen LogP contribution in [0.3, 0.4) is 0 Å². The standard InChI is InChI=1S/C22H21F5N4O3/c1-13(8-19-30(2)6-3-7-31(19)21(28)32)33-12-14-9-16(23)20(17(24)10-14)34-15-4-5-18(29-11-15)22(25,26)27/h4-5,8-11H,1,3,6-7,12H2,2H3,(H2,28,32)/b19-8-. The molecular formula is C22H21F5N4O3. The first-order chi connectivity index (χ1) is 16.0. The van der Waals surface area contributed by atoms with Crippen molar-refractivity contribution >= 4 is 6.03 Å². The van der Waals surface area contributed by atoms with Crippen LogP contribution >= 0.6 is 0 Å². The van der Waals surface area contributed by atoms with Crippen LogP contribution in [0.25, 0.3) is 0 Å². The molecule has 2 heterocycles. The number of primary amides is 1. The minimum Gasteiger partial charge on any atom is -0.489 e. The number of hydrogen-bond acceptors (Lipinski definition) is 5. The van der Waals surface area contributed by atoms with E-state index < -0.39 is 35.3 Å². The first kappa shape index (κ1) is 24.8. The lowest BCUT2D eigenvalue weighted by atomic mass is 10.2. The van der Waals surface area contributed by atoms with Gasteiger partial charge in [0, 0.05) is 26.2 Å². The van der Waals surface area contributed by atoms with Crippen molar-refractivity contribution in [2.24, 2.45) is 5.73 Å². The second-order valence-electron chi connectivity index (χ2n) is 7.39. The molecule has 0 radical (unpaired) electrons. The van der Waals surface area contributed by atoms with Gasteiger partial charge in [0.25, 0.3) is 0 Å². The quantitative estimate of drug-likeness (QED) is 0.473. The van der Waals surface area contributed by atoms with Crippen molar-refractivity contribution in [3.63, 3.8) is 0 Å². The zero-order valence-electron chi connectivity index (χ0n) is 18.0.